The minimum Gasteiger partial charge on any atom is -0.465 e. The van der Waals surface area contributed by atoms with Crippen molar-refractivity contribution in [1.29, 1.82) is 0 Å². The fourth-order valence-corrected chi connectivity index (χ4v) is 4.18. The zero-order chi connectivity index (χ0) is 24.5. The minimum absolute atomic E-state index is 0.0596. The van der Waals surface area contributed by atoms with Gasteiger partial charge in [-0.1, -0.05) is 30.3 Å². The number of carboxylic acid groups (broad SMARTS) is 1. The molecule has 3 N–H and O–H groups in total. The van der Waals surface area contributed by atoms with E-state index in [0.29, 0.717) is 32.1 Å². The Labute approximate surface area is 198 Å². The second kappa shape index (κ2) is 12.0. The zero-order valence-corrected chi connectivity index (χ0v) is 19.5. The van der Waals surface area contributed by atoms with Crippen molar-refractivity contribution in [1.82, 2.24) is 20.1 Å². The van der Waals surface area contributed by atoms with Crippen molar-refractivity contribution in [3.05, 3.63) is 69.6 Å². The van der Waals surface area contributed by atoms with Gasteiger partial charge >= 0.3 is 6.09 Å². The summed E-state index contributed by atoms with van der Waals surface area (Å²) in [6.45, 7) is 3.96. The van der Waals surface area contributed by atoms with E-state index in [1.165, 1.54) is 21.7 Å². The number of hydrogen-bond donors (Lipinski definition) is 3. The van der Waals surface area contributed by atoms with Crippen LogP contribution in [0.5, 0.6) is 0 Å². The van der Waals surface area contributed by atoms with Crippen molar-refractivity contribution in [2.45, 2.75) is 39.2 Å². The number of rotatable bonds is 9. The van der Waals surface area contributed by atoms with Gasteiger partial charge in [-0.15, -0.1) is 0 Å². The van der Waals surface area contributed by atoms with Gasteiger partial charge in [0.15, 0.2) is 0 Å². The normalized spacial score (nSPS) is 14.0. The van der Waals surface area contributed by atoms with Crippen LogP contribution >= 0.6 is 0 Å². The lowest BCUT2D eigenvalue weighted by molar-refractivity contribution is 0.0948. The Hall–Kier alpha value is -3.62. The number of pyridine rings is 1. The quantitative estimate of drug-likeness (QED) is 0.489. The van der Waals surface area contributed by atoms with Gasteiger partial charge in [0, 0.05) is 32.4 Å². The van der Waals surface area contributed by atoms with Gasteiger partial charge in [-0.3, -0.25) is 14.4 Å². The molecule has 34 heavy (non-hydrogen) atoms. The van der Waals surface area contributed by atoms with Gasteiger partial charge in [-0.2, -0.15) is 0 Å². The Morgan fingerprint density at radius 3 is 2.41 bits per heavy atom. The van der Waals surface area contributed by atoms with Crippen LogP contribution in [0.25, 0.3) is 0 Å². The summed E-state index contributed by atoms with van der Waals surface area (Å²) in [5, 5.41) is 14.6. The number of hydrogen-bond acceptors (Lipinski definition) is 4. The molecule has 1 fully saturated rings. The molecule has 9 nitrogen and oxygen atoms in total. The second-order valence-corrected chi connectivity index (χ2v) is 8.53. The Morgan fingerprint density at radius 1 is 1.06 bits per heavy atom. The van der Waals surface area contributed by atoms with Crippen molar-refractivity contribution in [3.8, 4) is 0 Å². The van der Waals surface area contributed by atoms with E-state index in [1.807, 2.05) is 30.3 Å². The van der Waals surface area contributed by atoms with Gasteiger partial charge < -0.3 is 25.2 Å². The topological polar surface area (TPSA) is 121 Å². The first kappa shape index (κ1) is 25.0. The number of carbonyl (C=O) groups excluding carboxylic acids is 2. The number of nitrogens with zero attached hydrogens (tertiary/aromatic N) is 2. The maximum Gasteiger partial charge on any atom is 0.407 e. The maximum atomic E-state index is 12.9. The van der Waals surface area contributed by atoms with Crippen molar-refractivity contribution >= 4 is 17.9 Å². The number of amides is 3. The van der Waals surface area contributed by atoms with E-state index in [2.05, 4.69) is 10.6 Å². The van der Waals surface area contributed by atoms with Gasteiger partial charge in [0.05, 0.1) is 12.1 Å². The molecule has 0 bridgehead atoms. The highest BCUT2D eigenvalue weighted by Crippen LogP contribution is 2.21. The summed E-state index contributed by atoms with van der Waals surface area (Å²) >= 11 is 0. The molecule has 0 spiro atoms. The molecule has 1 aromatic carbocycles. The summed E-state index contributed by atoms with van der Waals surface area (Å²) in [5.41, 5.74) is 0.638. The van der Waals surface area contributed by atoms with E-state index in [9.17, 15) is 19.2 Å². The Balaban J connectivity index is 1.63. The summed E-state index contributed by atoms with van der Waals surface area (Å²) in [4.78, 5) is 50.6. The lowest BCUT2D eigenvalue weighted by atomic mass is 9.92. The number of likely N-dealkylation sites (tertiary alicyclic amines) is 1. The van der Waals surface area contributed by atoms with Crippen molar-refractivity contribution in [3.63, 3.8) is 0 Å². The Morgan fingerprint density at radius 2 is 1.76 bits per heavy atom. The number of piperidine rings is 1. The van der Waals surface area contributed by atoms with Crippen LogP contribution in [0, 0.1) is 5.92 Å². The summed E-state index contributed by atoms with van der Waals surface area (Å²) in [5.74, 6) is -0.394. The number of aromatic nitrogens is 1. The number of nitrogens with one attached hydrogen (secondary N) is 2. The molecule has 9 heteroatoms. The van der Waals surface area contributed by atoms with Gasteiger partial charge in [0.1, 0.15) is 5.56 Å². The van der Waals surface area contributed by atoms with Crippen molar-refractivity contribution in [2.75, 3.05) is 26.2 Å². The first-order valence-corrected chi connectivity index (χ1v) is 11.7. The van der Waals surface area contributed by atoms with Crippen LogP contribution < -0.4 is 16.2 Å². The van der Waals surface area contributed by atoms with Crippen LogP contribution in [0.1, 0.15) is 58.9 Å². The molecule has 0 unspecified atom stereocenters. The molecule has 2 aromatic rings. The minimum atomic E-state index is -0.869. The van der Waals surface area contributed by atoms with Crippen LogP contribution in [0.2, 0.25) is 0 Å². The van der Waals surface area contributed by atoms with E-state index in [1.54, 1.807) is 6.92 Å². The number of carbonyl (C=O) groups is 3. The lowest BCUT2D eigenvalue weighted by Gasteiger charge is -2.29. The van der Waals surface area contributed by atoms with E-state index in [0.717, 1.165) is 31.2 Å². The highest BCUT2D eigenvalue weighted by atomic mass is 16.4. The average molecular weight is 469 g/mol. The standard InChI is InChI=1S/C25H32N4O5/c1-2-26-23(31)21-15-20(17-29(24(21)32)16-19-7-4-3-5-8-19)22(30)27-12-6-9-18-10-13-28(14-11-18)25(33)34/h3-5,7-8,15,17-18H,2,6,9-14,16H2,1H3,(H,26,31)(H,27,30)(H,33,34). The first-order valence-electron chi connectivity index (χ1n) is 11.7. The third kappa shape index (κ3) is 6.69. The predicted molar refractivity (Wildman–Crippen MR) is 128 cm³/mol. The first-order chi connectivity index (χ1) is 16.4. The average Bonchev–Trinajstić information content (AvgIpc) is 2.84. The summed E-state index contributed by atoms with van der Waals surface area (Å²) < 4.78 is 1.39. The molecule has 0 saturated carbocycles. The molecule has 2 heterocycles. The summed E-state index contributed by atoms with van der Waals surface area (Å²) in [7, 11) is 0. The van der Waals surface area contributed by atoms with Crippen LogP contribution in [0.15, 0.2) is 47.4 Å². The third-order valence-corrected chi connectivity index (χ3v) is 6.09. The van der Waals surface area contributed by atoms with Gasteiger partial charge in [-0.05, 0) is 50.2 Å². The molecule has 1 aliphatic rings. The van der Waals surface area contributed by atoms with Crippen LogP contribution in [-0.2, 0) is 6.54 Å². The molecule has 0 aliphatic carbocycles. The van der Waals surface area contributed by atoms with Crippen molar-refractivity contribution < 1.29 is 19.5 Å². The SMILES string of the molecule is CCNC(=O)c1cc(C(=O)NCCCC2CCN(C(=O)O)CC2)cn(Cc2ccccc2)c1=O. The predicted octanol–water partition coefficient (Wildman–Crippen LogP) is 2.55. The highest BCUT2D eigenvalue weighted by molar-refractivity contribution is 5.99. The van der Waals surface area contributed by atoms with Crippen LogP contribution in [0.3, 0.4) is 0 Å². The molecule has 3 rings (SSSR count). The summed E-state index contributed by atoms with van der Waals surface area (Å²) in [6, 6.07) is 10.7. The third-order valence-electron chi connectivity index (χ3n) is 6.09. The lowest BCUT2D eigenvalue weighted by Crippen LogP contribution is -2.37. The highest BCUT2D eigenvalue weighted by Gasteiger charge is 2.22. The smallest absolute Gasteiger partial charge is 0.407 e. The zero-order valence-electron chi connectivity index (χ0n) is 19.5. The molecule has 0 radical (unpaired) electrons. The molecular weight excluding hydrogens is 436 g/mol. The monoisotopic (exact) mass is 468 g/mol. The molecule has 1 aliphatic heterocycles. The van der Waals surface area contributed by atoms with E-state index >= 15 is 0 Å². The largest absolute Gasteiger partial charge is 0.465 e. The fraction of sp³-hybridized carbons (Fsp3) is 0.440. The second-order valence-electron chi connectivity index (χ2n) is 8.53. The molecule has 182 valence electrons. The van der Waals surface area contributed by atoms with Crippen LogP contribution in [-0.4, -0.2) is 58.7 Å². The maximum absolute atomic E-state index is 12.9. The number of benzene rings is 1. The van der Waals surface area contributed by atoms with Gasteiger partial charge in [0.25, 0.3) is 17.4 Å². The van der Waals surface area contributed by atoms with E-state index in [4.69, 9.17) is 5.11 Å². The Bertz CT molecular complexity index is 1060. The van der Waals surface area contributed by atoms with Gasteiger partial charge in [0.2, 0.25) is 0 Å². The molecule has 1 aromatic heterocycles. The van der Waals surface area contributed by atoms with E-state index in [-0.39, 0.29) is 23.6 Å². The Kier molecular flexibility index (Phi) is 8.84. The van der Waals surface area contributed by atoms with Gasteiger partial charge in [-0.25, -0.2) is 4.79 Å². The van der Waals surface area contributed by atoms with Crippen molar-refractivity contribution in [2.24, 2.45) is 5.92 Å². The molecular formula is C25H32N4O5. The fourth-order valence-electron chi connectivity index (χ4n) is 4.18. The summed E-state index contributed by atoms with van der Waals surface area (Å²) in [6.07, 6.45) is 3.98. The van der Waals surface area contributed by atoms with E-state index < -0.39 is 17.6 Å². The molecule has 3 amide bonds. The molecule has 1 saturated heterocycles. The molecule has 0 atom stereocenters. The van der Waals surface area contributed by atoms with Crippen LogP contribution in [0.4, 0.5) is 4.79 Å².